The van der Waals surface area contributed by atoms with E-state index in [9.17, 15) is 5.11 Å². The minimum Gasteiger partial charge on any atom is -0.508 e. The molecule has 2 saturated heterocycles. The van der Waals surface area contributed by atoms with Crippen molar-refractivity contribution in [3.05, 3.63) is 29.8 Å². The van der Waals surface area contributed by atoms with Crippen LogP contribution in [0.3, 0.4) is 0 Å². The molecule has 0 bridgehead atoms. The van der Waals surface area contributed by atoms with Crippen LogP contribution in [0.5, 0.6) is 5.75 Å². The van der Waals surface area contributed by atoms with E-state index < -0.39 is 0 Å². The Hall–Kier alpha value is -1.10. The number of hydrogen-bond acceptors (Lipinski definition) is 4. The van der Waals surface area contributed by atoms with Gasteiger partial charge in [0.1, 0.15) is 5.75 Å². The molecule has 2 aliphatic heterocycles. The zero-order valence-electron chi connectivity index (χ0n) is 11.5. The third kappa shape index (κ3) is 2.61. The predicted molar refractivity (Wildman–Crippen MR) is 76.3 cm³/mol. The largest absolute Gasteiger partial charge is 0.508 e. The number of para-hydroxylation sites is 1. The molecule has 0 radical (unpaired) electrons. The second-order valence-electron chi connectivity index (χ2n) is 5.62. The van der Waals surface area contributed by atoms with Crippen LogP contribution in [0, 0.1) is 0 Å². The van der Waals surface area contributed by atoms with Crippen LogP contribution in [0.15, 0.2) is 24.3 Å². The van der Waals surface area contributed by atoms with E-state index in [1.165, 1.54) is 0 Å². The Kier molecular flexibility index (Phi) is 3.73. The van der Waals surface area contributed by atoms with E-state index >= 15 is 0 Å². The zero-order chi connectivity index (χ0) is 13.2. The fraction of sp³-hybridized carbons (Fsp3) is 0.600. The van der Waals surface area contributed by atoms with E-state index in [1.54, 1.807) is 6.07 Å². The molecular formula is C15H23N3O. The summed E-state index contributed by atoms with van der Waals surface area (Å²) in [6.07, 6.45) is 0. The molecule has 0 saturated carbocycles. The van der Waals surface area contributed by atoms with Gasteiger partial charge in [-0.1, -0.05) is 18.2 Å². The standard InChI is InChI=1S/C15H23N3O/c1-12(14-4-2-3-5-15(14)19)17-6-8-18(9-7-17)13-10-16-11-13/h2-5,12-13,16,19H,6-11H2,1H3. The lowest BCUT2D eigenvalue weighted by Crippen LogP contribution is -2.61. The summed E-state index contributed by atoms with van der Waals surface area (Å²) >= 11 is 0. The van der Waals surface area contributed by atoms with Crippen molar-refractivity contribution in [3.8, 4) is 5.75 Å². The van der Waals surface area contributed by atoms with E-state index in [4.69, 9.17) is 0 Å². The van der Waals surface area contributed by atoms with Crippen molar-refractivity contribution in [1.82, 2.24) is 15.1 Å². The van der Waals surface area contributed by atoms with Gasteiger partial charge in [-0.3, -0.25) is 9.80 Å². The van der Waals surface area contributed by atoms with Gasteiger partial charge in [0, 0.05) is 56.9 Å². The molecule has 0 amide bonds. The van der Waals surface area contributed by atoms with Crippen molar-refractivity contribution >= 4 is 0 Å². The van der Waals surface area contributed by atoms with Crippen molar-refractivity contribution in [2.75, 3.05) is 39.3 Å². The van der Waals surface area contributed by atoms with Crippen LogP contribution >= 0.6 is 0 Å². The molecule has 1 aromatic carbocycles. The van der Waals surface area contributed by atoms with Crippen LogP contribution in [-0.2, 0) is 0 Å². The lowest BCUT2D eigenvalue weighted by Gasteiger charge is -2.44. The molecule has 0 aromatic heterocycles. The van der Waals surface area contributed by atoms with Crippen LogP contribution < -0.4 is 5.32 Å². The van der Waals surface area contributed by atoms with E-state index in [0.29, 0.717) is 11.8 Å². The number of piperazine rings is 1. The minimum atomic E-state index is 0.294. The number of hydrogen-bond donors (Lipinski definition) is 2. The number of aromatic hydroxyl groups is 1. The van der Waals surface area contributed by atoms with Gasteiger partial charge >= 0.3 is 0 Å². The minimum absolute atomic E-state index is 0.294. The molecule has 2 aliphatic rings. The van der Waals surface area contributed by atoms with Crippen LogP contribution in [0.1, 0.15) is 18.5 Å². The maximum Gasteiger partial charge on any atom is 0.120 e. The van der Waals surface area contributed by atoms with Gasteiger partial charge in [0.2, 0.25) is 0 Å². The van der Waals surface area contributed by atoms with Gasteiger partial charge < -0.3 is 10.4 Å². The molecule has 2 heterocycles. The van der Waals surface area contributed by atoms with E-state index in [-0.39, 0.29) is 0 Å². The third-order valence-corrected chi connectivity index (χ3v) is 4.56. The van der Waals surface area contributed by atoms with Gasteiger partial charge in [-0.05, 0) is 13.0 Å². The molecule has 1 atom stereocenters. The Morgan fingerprint density at radius 2 is 1.84 bits per heavy atom. The summed E-state index contributed by atoms with van der Waals surface area (Å²) < 4.78 is 0. The zero-order valence-corrected chi connectivity index (χ0v) is 11.5. The summed E-state index contributed by atoms with van der Waals surface area (Å²) in [5.41, 5.74) is 1.04. The predicted octanol–water partition coefficient (Wildman–Crippen LogP) is 1.04. The Morgan fingerprint density at radius 3 is 2.42 bits per heavy atom. The summed E-state index contributed by atoms with van der Waals surface area (Å²) in [6.45, 7) is 8.95. The summed E-state index contributed by atoms with van der Waals surface area (Å²) in [6, 6.07) is 8.74. The number of rotatable bonds is 3. The monoisotopic (exact) mass is 261 g/mol. The molecule has 104 valence electrons. The van der Waals surface area contributed by atoms with Gasteiger partial charge in [0.15, 0.2) is 0 Å². The highest BCUT2D eigenvalue weighted by molar-refractivity contribution is 5.34. The fourth-order valence-corrected chi connectivity index (χ4v) is 3.06. The maximum atomic E-state index is 9.95. The first-order chi connectivity index (χ1) is 9.25. The smallest absolute Gasteiger partial charge is 0.120 e. The molecule has 19 heavy (non-hydrogen) atoms. The maximum absolute atomic E-state index is 9.95. The molecule has 1 unspecified atom stereocenters. The summed E-state index contributed by atoms with van der Waals surface area (Å²) in [5.74, 6) is 0.417. The highest BCUT2D eigenvalue weighted by Gasteiger charge is 2.29. The van der Waals surface area contributed by atoms with Gasteiger partial charge in [0.25, 0.3) is 0 Å². The molecule has 4 heteroatoms. The van der Waals surface area contributed by atoms with Crippen molar-refractivity contribution < 1.29 is 5.11 Å². The SMILES string of the molecule is CC(c1ccccc1O)N1CCN(C2CNC2)CC1. The number of phenolic OH excluding ortho intramolecular Hbond substituents is 1. The second kappa shape index (κ2) is 5.49. The fourth-order valence-electron chi connectivity index (χ4n) is 3.06. The summed E-state index contributed by atoms with van der Waals surface area (Å²) in [4.78, 5) is 5.06. The molecule has 1 aromatic rings. The molecule has 3 rings (SSSR count). The Bertz CT molecular complexity index is 425. The van der Waals surface area contributed by atoms with Crippen LogP contribution in [0.25, 0.3) is 0 Å². The van der Waals surface area contributed by atoms with Crippen LogP contribution in [-0.4, -0.2) is 60.2 Å². The molecule has 2 fully saturated rings. The first-order valence-electron chi connectivity index (χ1n) is 7.22. The van der Waals surface area contributed by atoms with Gasteiger partial charge in [0.05, 0.1) is 0 Å². The van der Waals surface area contributed by atoms with Gasteiger partial charge in [-0.25, -0.2) is 0 Å². The number of phenols is 1. The Morgan fingerprint density at radius 1 is 1.16 bits per heavy atom. The Labute approximate surface area is 115 Å². The molecule has 0 spiro atoms. The number of benzene rings is 1. The highest BCUT2D eigenvalue weighted by Crippen LogP contribution is 2.28. The van der Waals surface area contributed by atoms with Crippen LogP contribution in [0.4, 0.5) is 0 Å². The average Bonchev–Trinajstić information content (AvgIpc) is 2.37. The summed E-state index contributed by atoms with van der Waals surface area (Å²) in [7, 11) is 0. The van der Waals surface area contributed by atoms with E-state index in [0.717, 1.165) is 50.9 Å². The highest BCUT2D eigenvalue weighted by atomic mass is 16.3. The van der Waals surface area contributed by atoms with Crippen molar-refractivity contribution in [3.63, 3.8) is 0 Å². The normalized spacial score (nSPS) is 24.1. The Balaban J connectivity index is 1.60. The topological polar surface area (TPSA) is 38.7 Å². The third-order valence-electron chi connectivity index (χ3n) is 4.56. The van der Waals surface area contributed by atoms with Gasteiger partial charge in [-0.2, -0.15) is 0 Å². The van der Waals surface area contributed by atoms with Crippen LogP contribution in [0.2, 0.25) is 0 Å². The van der Waals surface area contributed by atoms with Gasteiger partial charge in [-0.15, -0.1) is 0 Å². The summed E-state index contributed by atoms with van der Waals surface area (Å²) in [5, 5.41) is 13.3. The first kappa shape index (κ1) is 12.9. The van der Waals surface area contributed by atoms with E-state index in [1.807, 2.05) is 18.2 Å². The lowest BCUT2D eigenvalue weighted by atomic mass is 10.0. The first-order valence-corrected chi connectivity index (χ1v) is 7.22. The van der Waals surface area contributed by atoms with Crippen molar-refractivity contribution in [2.45, 2.75) is 19.0 Å². The molecule has 4 nitrogen and oxygen atoms in total. The lowest BCUT2D eigenvalue weighted by molar-refractivity contribution is 0.0547. The number of nitrogens with one attached hydrogen (secondary N) is 1. The molecule has 2 N–H and O–H groups in total. The molecular weight excluding hydrogens is 238 g/mol. The van der Waals surface area contributed by atoms with Crippen molar-refractivity contribution in [2.24, 2.45) is 0 Å². The average molecular weight is 261 g/mol. The second-order valence-corrected chi connectivity index (χ2v) is 5.62. The molecule has 0 aliphatic carbocycles. The van der Waals surface area contributed by atoms with Crippen molar-refractivity contribution in [1.29, 1.82) is 0 Å². The quantitative estimate of drug-likeness (QED) is 0.853. The number of nitrogens with zero attached hydrogens (tertiary/aromatic N) is 2. The van der Waals surface area contributed by atoms with E-state index in [2.05, 4.69) is 22.0 Å².